The largest absolute Gasteiger partial charge is 0.495 e. The number of carbonyl (C=O) groups excluding carboxylic acids is 2. The Balaban J connectivity index is 2.09. The van der Waals surface area contributed by atoms with E-state index in [1.807, 2.05) is 13.8 Å². The van der Waals surface area contributed by atoms with Crippen LogP contribution in [0, 0.1) is 0 Å². The first kappa shape index (κ1) is 31.3. The molecule has 3 aromatic carbocycles. The minimum Gasteiger partial charge on any atom is -0.495 e. The third-order valence-corrected chi connectivity index (χ3v) is 9.00. The van der Waals surface area contributed by atoms with Gasteiger partial charge in [0.15, 0.2) is 0 Å². The number of rotatable bonds is 12. The maximum atomic E-state index is 14.0. The van der Waals surface area contributed by atoms with Crippen molar-refractivity contribution in [3.63, 3.8) is 0 Å². The Morgan fingerprint density at radius 3 is 2.12 bits per heavy atom. The molecule has 0 spiro atoms. The van der Waals surface area contributed by atoms with E-state index < -0.39 is 28.5 Å². The highest BCUT2D eigenvalue weighted by Gasteiger charge is 2.34. The third kappa shape index (κ3) is 7.27. The van der Waals surface area contributed by atoms with Crippen LogP contribution in [0.4, 0.5) is 5.69 Å². The van der Waals surface area contributed by atoms with Gasteiger partial charge in [-0.05, 0) is 56.7 Å². The Labute approximate surface area is 245 Å². The monoisotopic (exact) mass is 605 g/mol. The second-order valence-corrected chi connectivity index (χ2v) is 11.9. The first-order chi connectivity index (χ1) is 19.0. The molecule has 0 unspecified atom stereocenters. The fraction of sp³-hybridized carbons (Fsp3) is 0.310. The van der Waals surface area contributed by atoms with E-state index in [9.17, 15) is 18.0 Å². The summed E-state index contributed by atoms with van der Waals surface area (Å²) in [5.74, 6) is -0.757. The molecule has 0 fully saturated rings. The molecule has 0 aliphatic rings. The number of amides is 2. The molecular formula is C29H33Cl2N3O5S. The molecule has 40 heavy (non-hydrogen) atoms. The van der Waals surface area contributed by atoms with E-state index in [4.69, 9.17) is 27.9 Å². The normalized spacial score (nSPS) is 12.8. The van der Waals surface area contributed by atoms with Gasteiger partial charge in [-0.25, -0.2) is 8.42 Å². The van der Waals surface area contributed by atoms with E-state index in [1.165, 1.54) is 24.1 Å². The minimum atomic E-state index is -4.22. The molecule has 0 bridgehead atoms. The van der Waals surface area contributed by atoms with Crippen LogP contribution in [0.1, 0.15) is 32.8 Å². The summed E-state index contributed by atoms with van der Waals surface area (Å²) < 4.78 is 34.2. The van der Waals surface area contributed by atoms with Gasteiger partial charge in [0.05, 0.1) is 17.7 Å². The Kier molecular flexibility index (Phi) is 10.8. The molecule has 0 aliphatic carbocycles. The van der Waals surface area contributed by atoms with Crippen LogP contribution >= 0.6 is 23.2 Å². The van der Waals surface area contributed by atoms with Gasteiger partial charge >= 0.3 is 0 Å². The fourth-order valence-corrected chi connectivity index (χ4v) is 5.93. The summed E-state index contributed by atoms with van der Waals surface area (Å²) in [5.41, 5.74) is 0.617. The molecule has 0 saturated carbocycles. The lowest BCUT2D eigenvalue weighted by Crippen LogP contribution is -2.52. The molecular weight excluding hydrogens is 573 g/mol. The molecule has 3 aromatic rings. The predicted octanol–water partition coefficient (Wildman–Crippen LogP) is 5.53. The van der Waals surface area contributed by atoms with Crippen LogP contribution < -0.4 is 14.4 Å². The average Bonchev–Trinajstić information content (AvgIpc) is 2.95. The van der Waals surface area contributed by atoms with E-state index in [2.05, 4.69) is 5.32 Å². The van der Waals surface area contributed by atoms with Crippen LogP contribution in [0.15, 0.2) is 77.7 Å². The molecule has 0 radical (unpaired) electrons. The molecule has 0 aliphatic heterocycles. The smallest absolute Gasteiger partial charge is 0.264 e. The summed E-state index contributed by atoms with van der Waals surface area (Å²) in [7, 11) is -2.80. The van der Waals surface area contributed by atoms with Gasteiger partial charge in [-0.2, -0.15) is 0 Å². The number of halogens is 2. The van der Waals surface area contributed by atoms with Crippen LogP contribution in [0.5, 0.6) is 5.75 Å². The molecule has 0 saturated heterocycles. The van der Waals surface area contributed by atoms with Gasteiger partial charge in [-0.3, -0.25) is 13.9 Å². The number of carbonyl (C=O) groups is 2. The van der Waals surface area contributed by atoms with Crippen molar-refractivity contribution in [2.24, 2.45) is 0 Å². The quantitative estimate of drug-likeness (QED) is 0.293. The number of methoxy groups -OCH3 is 1. The molecule has 3 rings (SSSR count). The number of hydrogen-bond donors (Lipinski definition) is 1. The van der Waals surface area contributed by atoms with Crippen LogP contribution in [-0.2, 0) is 26.2 Å². The zero-order chi connectivity index (χ0) is 29.4. The number of nitrogens with one attached hydrogen (secondary N) is 1. The predicted molar refractivity (Wildman–Crippen MR) is 158 cm³/mol. The number of anilines is 1. The summed E-state index contributed by atoms with van der Waals surface area (Å²) in [6, 6.07) is 18.2. The van der Waals surface area contributed by atoms with Crippen molar-refractivity contribution in [1.82, 2.24) is 10.2 Å². The summed E-state index contributed by atoms with van der Waals surface area (Å²) >= 11 is 12.8. The van der Waals surface area contributed by atoms with E-state index in [0.717, 1.165) is 4.31 Å². The van der Waals surface area contributed by atoms with Crippen LogP contribution in [0.3, 0.4) is 0 Å². The van der Waals surface area contributed by atoms with E-state index in [1.54, 1.807) is 67.6 Å². The topological polar surface area (TPSA) is 96.0 Å². The highest BCUT2D eigenvalue weighted by molar-refractivity contribution is 7.92. The highest BCUT2D eigenvalue weighted by atomic mass is 35.5. The third-order valence-electron chi connectivity index (χ3n) is 6.52. The van der Waals surface area contributed by atoms with Gasteiger partial charge in [0, 0.05) is 28.2 Å². The Hall–Kier alpha value is -3.27. The Morgan fingerprint density at radius 2 is 1.52 bits per heavy atom. The van der Waals surface area contributed by atoms with Gasteiger partial charge in [0.2, 0.25) is 11.8 Å². The van der Waals surface area contributed by atoms with E-state index >= 15 is 0 Å². The van der Waals surface area contributed by atoms with Crippen LogP contribution in [0.2, 0.25) is 10.0 Å². The molecule has 2 atom stereocenters. The fourth-order valence-electron chi connectivity index (χ4n) is 3.97. The number of benzene rings is 3. The van der Waals surface area contributed by atoms with Gasteiger partial charge in [0.1, 0.15) is 18.3 Å². The number of ether oxygens (including phenoxy) is 1. The number of sulfonamides is 1. The molecule has 1 N–H and O–H groups in total. The van der Waals surface area contributed by atoms with Gasteiger partial charge in [0.25, 0.3) is 10.0 Å². The lowest BCUT2D eigenvalue weighted by molar-refractivity contribution is -0.139. The summed E-state index contributed by atoms with van der Waals surface area (Å²) in [6.45, 7) is 4.65. The van der Waals surface area contributed by atoms with Crippen molar-refractivity contribution in [3.8, 4) is 5.75 Å². The molecule has 214 valence electrons. The van der Waals surface area contributed by atoms with E-state index in [-0.39, 0.29) is 34.8 Å². The van der Waals surface area contributed by atoms with Crippen LogP contribution in [-0.4, -0.2) is 50.9 Å². The molecule has 0 aromatic heterocycles. The average molecular weight is 607 g/mol. The van der Waals surface area contributed by atoms with Gasteiger partial charge in [-0.15, -0.1) is 0 Å². The maximum absolute atomic E-state index is 14.0. The lowest BCUT2D eigenvalue weighted by atomic mass is 10.1. The van der Waals surface area contributed by atoms with Crippen molar-refractivity contribution < 1.29 is 22.7 Å². The SMILES string of the molecule is CC[C@@H](C)NC(=O)[C@H](C)N(Cc1c(Cl)cccc1Cl)C(=O)CN(c1ccccc1OC)S(=O)(=O)c1ccccc1. The molecule has 0 heterocycles. The van der Waals surface area contributed by atoms with Crippen molar-refractivity contribution >= 4 is 50.7 Å². The second kappa shape index (κ2) is 13.9. The van der Waals surface area contributed by atoms with Crippen molar-refractivity contribution in [2.45, 2.75) is 50.7 Å². The first-order valence-electron chi connectivity index (χ1n) is 12.7. The van der Waals surface area contributed by atoms with Crippen molar-refractivity contribution in [2.75, 3.05) is 18.0 Å². The Bertz CT molecular complexity index is 1420. The minimum absolute atomic E-state index is 0.00281. The summed E-state index contributed by atoms with van der Waals surface area (Å²) in [5, 5.41) is 3.52. The van der Waals surface area contributed by atoms with Crippen molar-refractivity contribution in [1.29, 1.82) is 0 Å². The summed E-state index contributed by atoms with van der Waals surface area (Å²) in [4.78, 5) is 28.5. The molecule has 2 amide bonds. The standard InChI is InChI=1S/C29H33Cl2N3O5S/c1-5-20(2)32-29(36)21(3)33(18-23-24(30)14-11-15-25(23)31)28(35)19-34(26-16-9-10-17-27(26)39-4)40(37,38)22-12-7-6-8-13-22/h6-17,20-21H,5,18-19H2,1-4H3,(H,32,36)/t20-,21+/m1/s1. The molecule has 11 heteroatoms. The summed E-state index contributed by atoms with van der Waals surface area (Å²) in [6.07, 6.45) is 0.694. The number of para-hydroxylation sites is 2. The zero-order valence-electron chi connectivity index (χ0n) is 22.8. The van der Waals surface area contributed by atoms with Crippen molar-refractivity contribution in [3.05, 3.63) is 88.4 Å². The van der Waals surface area contributed by atoms with E-state index in [0.29, 0.717) is 22.0 Å². The van der Waals surface area contributed by atoms with Gasteiger partial charge in [-0.1, -0.05) is 66.5 Å². The second-order valence-electron chi connectivity index (χ2n) is 9.21. The maximum Gasteiger partial charge on any atom is 0.264 e. The zero-order valence-corrected chi connectivity index (χ0v) is 25.1. The number of hydrogen-bond acceptors (Lipinski definition) is 5. The van der Waals surface area contributed by atoms with Gasteiger partial charge < -0.3 is 15.0 Å². The molecule has 8 nitrogen and oxygen atoms in total. The first-order valence-corrected chi connectivity index (χ1v) is 14.9. The van der Waals surface area contributed by atoms with Crippen LogP contribution in [0.25, 0.3) is 0 Å². The Morgan fingerprint density at radius 1 is 0.925 bits per heavy atom. The number of nitrogens with zero attached hydrogens (tertiary/aromatic N) is 2. The lowest BCUT2D eigenvalue weighted by Gasteiger charge is -2.33. The highest BCUT2D eigenvalue weighted by Crippen LogP contribution is 2.33.